The van der Waals surface area contributed by atoms with E-state index in [-0.39, 0.29) is 13.2 Å². The molecule has 1 atom stereocenters. The molecule has 1 aromatic carbocycles. The van der Waals surface area contributed by atoms with E-state index < -0.39 is 25.2 Å². The van der Waals surface area contributed by atoms with E-state index >= 15 is 0 Å². The van der Waals surface area contributed by atoms with Crippen molar-refractivity contribution in [1.29, 1.82) is 5.26 Å². The number of aliphatic hydroxyl groups excluding tert-OH is 2. The number of nitriles is 1. The largest absolute Gasteiger partial charge is 0.491 e. The van der Waals surface area contributed by atoms with Crippen molar-refractivity contribution in [3.05, 3.63) is 29.8 Å². The zero-order chi connectivity index (χ0) is 15.0. The van der Waals surface area contributed by atoms with Crippen LogP contribution in [0.2, 0.25) is 0 Å². The molecule has 5 nitrogen and oxygen atoms in total. The molecule has 0 bridgehead atoms. The van der Waals surface area contributed by atoms with Gasteiger partial charge in [0.2, 0.25) is 0 Å². The third-order valence-corrected chi connectivity index (χ3v) is 2.40. The first kappa shape index (κ1) is 16.3. The van der Waals surface area contributed by atoms with E-state index in [0.29, 0.717) is 11.3 Å². The van der Waals surface area contributed by atoms with Crippen molar-refractivity contribution in [2.75, 3.05) is 26.3 Å². The maximum Gasteiger partial charge on any atom is 0.282 e. The van der Waals surface area contributed by atoms with Gasteiger partial charge in [0, 0.05) is 6.54 Å². The highest BCUT2D eigenvalue weighted by Crippen LogP contribution is 2.13. The van der Waals surface area contributed by atoms with Crippen molar-refractivity contribution >= 4 is 0 Å². The standard InChI is InChI=1S/C13H16F2N2O3/c14-13(15,9-18)8-17-6-11(19)7-20-12-3-1-2-10(4-12)5-16/h1-4,11,17-19H,6-9H2. The lowest BCUT2D eigenvalue weighted by Gasteiger charge is -2.17. The highest BCUT2D eigenvalue weighted by Gasteiger charge is 2.27. The average Bonchev–Trinajstić information content (AvgIpc) is 2.45. The Morgan fingerprint density at radius 1 is 1.45 bits per heavy atom. The molecule has 0 radical (unpaired) electrons. The third-order valence-electron chi connectivity index (χ3n) is 2.40. The molecule has 0 amide bonds. The first-order chi connectivity index (χ1) is 9.46. The zero-order valence-electron chi connectivity index (χ0n) is 10.7. The van der Waals surface area contributed by atoms with E-state index in [1.54, 1.807) is 18.2 Å². The van der Waals surface area contributed by atoms with Crippen LogP contribution in [-0.2, 0) is 0 Å². The van der Waals surface area contributed by atoms with E-state index in [0.717, 1.165) is 0 Å². The molecule has 0 aliphatic rings. The number of alkyl halides is 2. The Kier molecular flexibility index (Phi) is 6.31. The Balaban J connectivity index is 2.29. The monoisotopic (exact) mass is 286 g/mol. The van der Waals surface area contributed by atoms with Crippen molar-refractivity contribution in [2.24, 2.45) is 0 Å². The molecule has 0 fully saturated rings. The van der Waals surface area contributed by atoms with Gasteiger partial charge >= 0.3 is 0 Å². The number of hydrogen-bond acceptors (Lipinski definition) is 5. The van der Waals surface area contributed by atoms with Crippen LogP contribution in [-0.4, -0.2) is 48.5 Å². The third kappa shape index (κ3) is 5.93. The van der Waals surface area contributed by atoms with Gasteiger partial charge < -0.3 is 20.3 Å². The molecule has 0 spiro atoms. The lowest BCUT2D eigenvalue weighted by molar-refractivity contribution is -0.0493. The number of benzene rings is 1. The summed E-state index contributed by atoms with van der Waals surface area (Å²) < 4.78 is 30.6. The molecule has 3 N–H and O–H groups in total. The molecular formula is C13H16F2N2O3. The predicted molar refractivity (Wildman–Crippen MR) is 67.6 cm³/mol. The second kappa shape index (κ2) is 7.75. The molecule has 20 heavy (non-hydrogen) atoms. The SMILES string of the molecule is N#Cc1cccc(OCC(O)CNCC(F)(F)CO)c1. The van der Waals surface area contributed by atoms with E-state index in [9.17, 15) is 13.9 Å². The summed E-state index contributed by atoms with van der Waals surface area (Å²) >= 11 is 0. The van der Waals surface area contributed by atoms with Gasteiger partial charge in [-0.2, -0.15) is 5.26 Å². The molecule has 110 valence electrons. The fraction of sp³-hybridized carbons (Fsp3) is 0.462. The molecule has 0 saturated heterocycles. The van der Waals surface area contributed by atoms with Crippen molar-refractivity contribution < 1.29 is 23.7 Å². The number of ether oxygens (including phenoxy) is 1. The minimum Gasteiger partial charge on any atom is -0.491 e. The Morgan fingerprint density at radius 3 is 2.85 bits per heavy atom. The van der Waals surface area contributed by atoms with E-state index in [4.69, 9.17) is 15.1 Å². The average molecular weight is 286 g/mol. The fourth-order valence-corrected chi connectivity index (χ4v) is 1.38. The Hall–Kier alpha value is -1.75. The summed E-state index contributed by atoms with van der Waals surface area (Å²) in [5, 5.41) is 28.9. The van der Waals surface area contributed by atoms with Gasteiger partial charge in [-0.15, -0.1) is 0 Å². The Morgan fingerprint density at radius 2 is 2.20 bits per heavy atom. The quantitative estimate of drug-likeness (QED) is 0.648. The number of aliphatic hydroxyl groups is 2. The van der Waals surface area contributed by atoms with Crippen molar-refractivity contribution in [1.82, 2.24) is 5.32 Å². The van der Waals surface area contributed by atoms with E-state index in [2.05, 4.69) is 5.32 Å². The molecule has 1 aromatic rings. The van der Waals surface area contributed by atoms with Crippen LogP contribution in [0.3, 0.4) is 0 Å². The summed E-state index contributed by atoms with van der Waals surface area (Å²) in [4.78, 5) is 0. The van der Waals surface area contributed by atoms with Crippen molar-refractivity contribution in [2.45, 2.75) is 12.0 Å². The first-order valence-corrected chi connectivity index (χ1v) is 5.97. The highest BCUT2D eigenvalue weighted by molar-refractivity contribution is 5.36. The number of halogens is 2. The number of hydrogen-bond donors (Lipinski definition) is 3. The Labute approximate surface area is 115 Å². The van der Waals surface area contributed by atoms with Crippen LogP contribution >= 0.6 is 0 Å². The van der Waals surface area contributed by atoms with Gasteiger partial charge in [0.05, 0.1) is 18.2 Å². The highest BCUT2D eigenvalue weighted by atomic mass is 19.3. The molecule has 0 heterocycles. The molecule has 0 aliphatic carbocycles. The summed E-state index contributed by atoms with van der Waals surface area (Å²) in [7, 11) is 0. The summed E-state index contributed by atoms with van der Waals surface area (Å²) in [6.45, 7) is -2.14. The molecule has 1 unspecified atom stereocenters. The van der Waals surface area contributed by atoms with Gasteiger partial charge in [-0.25, -0.2) is 8.78 Å². The number of nitrogens with zero attached hydrogens (tertiary/aromatic N) is 1. The topological polar surface area (TPSA) is 85.5 Å². The lowest BCUT2D eigenvalue weighted by atomic mass is 10.2. The summed E-state index contributed by atoms with van der Waals surface area (Å²) in [6.07, 6.45) is -0.977. The maximum absolute atomic E-state index is 12.7. The van der Waals surface area contributed by atoms with Crippen LogP contribution in [0.25, 0.3) is 0 Å². The molecule has 0 aliphatic heterocycles. The normalized spacial score (nSPS) is 12.8. The van der Waals surface area contributed by atoms with Gasteiger partial charge in [0.1, 0.15) is 25.1 Å². The molecule has 7 heteroatoms. The predicted octanol–water partition coefficient (Wildman–Crippen LogP) is 0.515. The minimum absolute atomic E-state index is 0.0898. The van der Waals surface area contributed by atoms with Crippen molar-refractivity contribution in [3.8, 4) is 11.8 Å². The van der Waals surface area contributed by atoms with Crippen LogP contribution in [0.4, 0.5) is 8.78 Å². The second-order valence-electron chi connectivity index (χ2n) is 4.25. The van der Waals surface area contributed by atoms with Gasteiger partial charge in [0.25, 0.3) is 5.92 Å². The molecular weight excluding hydrogens is 270 g/mol. The summed E-state index contributed by atoms with van der Waals surface area (Å²) in [5.41, 5.74) is 0.428. The Bertz CT molecular complexity index is 463. The molecule has 0 saturated carbocycles. The first-order valence-electron chi connectivity index (χ1n) is 5.97. The fourth-order valence-electron chi connectivity index (χ4n) is 1.38. The molecule has 0 aromatic heterocycles. The number of rotatable bonds is 8. The second-order valence-corrected chi connectivity index (χ2v) is 4.25. The van der Waals surface area contributed by atoms with Crippen LogP contribution < -0.4 is 10.1 Å². The van der Waals surface area contributed by atoms with Gasteiger partial charge in [-0.1, -0.05) is 6.07 Å². The van der Waals surface area contributed by atoms with E-state index in [1.165, 1.54) is 6.07 Å². The number of nitrogens with one attached hydrogen (secondary N) is 1. The molecule has 1 rings (SSSR count). The van der Waals surface area contributed by atoms with Crippen LogP contribution in [0.15, 0.2) is 24.3 Å². The van der Waals surface area contributed by atoms with Crippen LogP contribution in [0.1, 0.15) is 5.56 Å². The maximum atomic E-state index is 12.7. The van der Waals surface area contributed by atoms with Crippen LogP contribution in [0.5, 0.6) is 5.75 Å². The van der Waals surface area contributed by atoms with E-state index in [1.807, 2.05) is 6.07 Å². The lowest BCUT2D eigenvalue weighted by Crippen LogP contribution is -2.40. The van der Waals surface area contributed by atoms with Gasteiger partial charge in [-0.05, 0) is 18.2 Å². The smallest absolute Gasteiger partial charge is 0.282 e. The van der Waals surface area contributed by atoms with Crippen LogP contribution in [0, 0.1) is 11.3 Å². The summed E-state index contributed by atoms with van der Waals surface area (Å²) in [6, 6.07) is 8.34. The van der Waals surface area contributed by atoms with Gasteiger partial charge in [0.15, 0.2) is 0 Å². The summed E-state index contributed by atoms with van der Waals surface area (Å²) in [5.74, 6) is -2.79. The minimum atomic E-state index is -3.21. The zero-order valence-corrected chi connectivity index (χ0v) is 10.7. The van der Waals surface area contributed by atoms with Crippen molar-refractivity contribution in [3.63, 3.8) is 0 Å². The van der Waals surface area contributed by atoms with Gasteiger partial charge in [-0.3, -0.25) is 0 Å².